The highest BCUT2D eigenvalue weighted by atomic mass is 35.5. The van der Waals surface area contributed by atoms with E-state index >= 15 is 0 Å². The number of hydrogen-bond donors (Lipinski definition) is 1. The molecule has 6 nitrogen and oxygen atoms in total. The molecule has 1 fully saturated rings. The Labute approximate surface area is 182 Å². The molecule has 1 saturated heterocycles. The van der Waals surface area contributed by atoms with Crippen LogP contribution in [0.4, 0.5) is 11.4 Å². The normalized spacial score (nSPS) is 13.8. The van der Waals surface area contributed by atoms with Crippen LogP contribution in [0.2, 0.25) is 5.02 Å². The van der Waals surface area contributed by atoms with Crippen molar-refractivity contribution >= 4 is 34.8 Å². The SMILES string of the molecule is CCCC(=O)N1CCN(c2ccc(NC(=O)COc3ccc(Cl)c(C)c3)cc2)CC1. The number of aryl methyl sites for hydroxylation is 1. The van der Waals surface area contributed by atoms with Crippen molar-refractivity contribution in [2.45, 2.75) is 26.7 Å². The van der Waals surface area contributed by atoms with Gasteiger partial charge < -0.3 is 19.9 Å². The third-order valence-electron chi connectivity index (χ3n) is 5.11. The first-order valence-corrected chi connectivity index (χ1v) is 10.7. The molecule has 2 aromatic rings. The predicted octanol–water partition coefficient (Wildman–Crippen LogP) is 4.11. The van der Waals surface area contributed by atoms with E-state index in [0.717, 1.165) is 49.5 Å². The Morgan fingerprint density at radius 1 is 1.07 bits per heavy atom. The van der Waals surface area contributed by atoms with Crippen LogP contribution in [-0.4, -0.2) is 49.5 Å². The van der Waals surface area contributed by atoms with Crippen molar-refractivity contribution in [1.29, 1.82) is 0 Å². The summed E-state index contributed by atoms with van der Waals surface area (Å²) in [5.74, 6) is 0.628. The third-order valence-corrected chi connectivity index (χ3v) is 5.54. The molecule has 0 atom stereocenters. The molecule has 1 N–H and O–H groups in total. The van der Waals surface area contributed by atoms with Crippen molar-refractivity contribution in [3.05, 3.63) is 53.1 Å². The van der Waals surface area contributed by atoms with E-state index in [4.69, 9.17) is 16.3 Å². The Bertz CT molecular complexity index is 878. The maximum Gasteiger partial charge on any atom is 0.262 e. The number of halogens is 1. The Morgan fingerprint density at radius 2 is 1.77 bits per heavy atom. The van der Waals surface area contributed by atoms with Gasteiger partial charge in [-0.05, 0) is 61.4 Å². The van der Waals surface area contributed by atoms with Gasteiger partial charge in [0.15, 0.2) is 6.61 Å². The number of anilines is 2. The van der Waals surface area contributed by atoms with Crippen molar-refractivity contribution in [2.75, 3.05) is 43.0 Å². The van der Waals surface area contributed by atoms with Gasteiger partial charge in [-0.1, -0.05) is 18.5 Å². The summed E-state index contributed by atoms with van der Waals surface area (Å²) in [6.07, 6.45) is 1.51. The number of rotatable bonds is 7. The average Bonchev–Trinajstić information content (AvgIpc) is 2.75. The van der Waals surface area contributed by atoms with Gasteiger partial charge in [-0.3, -0.25) is 9.59 Å². The highest BCUT2D eigenvalue weighted by molar-refractivity contribution is 6.31. The molecular weight excluding hydrogens is 402 g/mol. The molecule has 0 unspecified atom stereocenters. The number of nitrogens with one attached hydrogen (secondary N) is 1. The molecule has 2 aromatic carbocycles. The fraction of sp³-hybridized carbons (Fsp3) is 0.391. The van der Waals surface area contributed by atoms with Gasteiger partial charge in [0.05, 0.1) is 0 Å². The molecule has 1 aliphatic rings. The van der Waals surface area contributed by atoms with Crippen LogP contribution < -0.4 is 15.0 Å². The molecule has 2 amide bonds. The van der Waals surface area contributed by atoms with Crippen LogP contribution in [0, 0.1) is 6.92 Å². The van der Waals surface area contributed by atoms with E-state index < -0.39 is 0 Å². The summed E-state index contributed by atoms with van der Waals surface area (Å²) in [4.78, 5) is 28.4. The van der Waals surface area contributed by atoms with Crippen LogP contribution >= 0.6 is 11.6 Å². The first-order valence-electron chi connectivity index (χ1n) is 10.3. The largest absolute Gasteiger partial charge is 0.484 e. The van der Waals surface area contributed by atoms with Gasteiger partial charge in [-0.25, -0.2) is 0 Å². The molecule has 1 aliphatic heterocycles. The second-order valence-electron chi connectivity index (χ2n) is 7.41. The molecule has 0 radical (unpaired) electrons. The Morgan fingerprint density at radius 3 is 2.40 bits per heavy atom. The number of piperazine rings is 1. The number of hydrogen-bond acceptors (Lipinski definition) is 4. The lowest BCUT2D eigenvalue weighted by Crippen LogP contribution is -2.48. The first kappa shape index (κ1) is 22.0. The van der Waals surface area contributed by atoms with E-state index in [1.165, 1.54) is 0 Å². The lowest BCUT2D eigenvalue weighted by atomic mass is 10.2. The van der Waals surface area contributed by atoms with Crippen LogP contribution in [0.15, 0.2) is 42.5 Å². The number of ether oxygens (including phenoxy) is 1. The molecular formula is C23H28ClN3O3. The molecule has 0 aliphatic carbocycles. The smallest absolute Gasteiger partial charge is 0.262 e. The minimum atomic E-state index is -0.224. The lowest BCUT2D eigenvalue weighted by molar-refractivity contribution is -0.131. The number of carbonyl (C=O) groups is 2. The maximum atomic E-state index is 12.2. The summed E-state index contributed by atoms with van der Waals surface area (Å²) in [6, 6.07) is 13.0. The van der Waals surface area contributed by atoms with Crippen molar-refractivity contribution in [3.63, 3.8) is 0 Å². The fourth-order valence-electron chi connectivity index (χ4n) is 3.39. The summed E-state index contributed by atoms with van der Waals surface area (Å²) in [7, 11) is 0. The van der Waals surface area contributed by atoms with Gasteiger partial charge >= 0.3 is 0 Å². The van der Waals surface area contributed by atoms with Crippen LogP contribution in [0.5, 0.6) is 5.75 Å². The average molecular weight is 430 g/mol. The van der Waals surface area contributed by atoms with Crippen LogP contribution in [0.1, 0.15) is 25.3 Å². The van der Waals surface area contributed by atoms with Gasteiger partial charge in [-0.2, -0.15) is 0 Å². The van der Waals surface area contributed by atoms with E-state index in [0.29, 0.717) is 17.2 Å². The molecule has 7 heteroatoms. The molecule has 0 aromatic heterocycles. The summed E-state index contributed by atoms with van der Waals surface area (Å²) in [5.41, 5.74) is 2.71. The zero-order valence-corrected chi connectivity index (χ0v) is 18.2. The molecule has 3 rings (SSSR count). The minimum Gasteiger partial charge on any atom is -0.484 e. The monoisotopic (exact) mass is 429 g/mol. The van der Waals surface area contributed by atoms with Gasteiger partial charge in [0.25, 0.3) is 5.91 Å². The number of carbonyl (C=O) groups excluding carboxylic acids is 2. The number of amides is 2. The van der Waals surface area contributed by atoms with Crippen LogP contribution in [0.25, 0.3) is 0 Å². The predicted molar refractivity (Wildman–Crippen MR) is 120 cm³/mol. The van der Waals surface area contributed by atoms with E-state index in [1.54, 1.807) is 18.2 Å². The van der Waals surface area contributed by atoms with Crippen LogP contribution in [-0.2, 0) is 9.59 Å². The first-order chi connectivity index (χ1) is 14.5. The minimum absolute atomic E-state index is 0.0728. The highest BCUT2D eigenvalue weighted by Gasteiger charge is 2.20. The van der Waals surface area contributed by atoms with Gasteiger partial charge in [-0.15, -0.1) is 0 Å². The van der Waals surface area contributed by atoms with Crippen molar-refractivity contribution in [2.24, 2.45) is 0 Å². The highest BCUT2D eigenvalue weighted by Crippen LogP contribution is 2.22. The van der Waals surface area contributed by atoms with Gasteiger partial charge in [0.1, 0.15) is 5.75 Å². The quantitative estimate of drug-likeness (QED) is 0.719. The Balaban J connectivity index is 1.47. The zero-order chi connectivity index (χ0) is 21.5. The standard InChI is InChI=1S/C23H28ClN3O3/c1-3-4-23(29)27-13-11-26(12-14-27)19-7-5-18(6-8-19)25-22(28)16-30-20-9-10-21(24)17(2)15-20/h5-10,15H,3-4,11-14,16H2,1-2H3,(H,25,28). The van der Waals surface area contributed by atoms with E-state index in [-0.39, 0.29) is 18.4 Å². The molecule has 0 bridgehead atoms. The van der Waals surface area contributed by atoms with Crippen molar-refractivity contribution < 1.29 is 14.3 Å². The van der Waals surface area contributed by atoms with Crippen LogP contribution in [0.3, 0.4) is 0 Å². The van der Waals surface area contributed by atoms with Crippen molar-refractivity contribution in [3.8, 4) is 5.75 Å². The maximum absolute atomic E-state index is 12.2. The van der Waals surface area contributed by atoms with E-state index in [1.807, 2.05) is 43.0 Å². The Hall–Kier alpha value is -2.73. The Kier molecular flexibility index (Phi) is 7.57. The van der Waals surface area contributed by atoms with Gasteiger partial charge in [0.2, 0.25) is 5.91 Å². The summed E-state index contributed by atoms with van der Waals surface area (Å²) in [5, 5.41) is 3.51. The fourth-order valence-corrected chi connectivity index (χ4v) is 3.51. The van der Waals surface area contributed by atoms with E-state index in [2.05, 4.69) is 10.2 Å². The molecule has 0 saturated carbocycles. The zero-order valence-electron chi connectivity index (χ0n) is 17.5. The molecule has 30 heavy (non-hydrogen) atoms. The van der Waals surface area contributed by atoms with E-state index in [9.17, 15) is 9.59 Å². The van der Waals surface area contributed by atoms with Crippen molar-refractivity contribution in [1.82, 2.24) is 4.90 Å². The summed E-state index contributed by atoms with van der Waals surface area (Å²) >= 11 is 6.00. The summed E-state index contributed by atoms with van der Waals surface area (Å²) in [6.45, 7) is 6.97. The third kappa shape index (κ3) is 5.89. The number of benzene rings is 2. The summed E-state index contributed by atoms with van der Waals surface area (Å²) < 4.78 is 5.53. The second kappa shape index (κ2) is 10.3. The van der Waals surface area contributed by atoms with Gasteiger partial charge in [0, 0.05) is 49.0 Å². The molecule has 160 valence electrons. The molecule has 1 heterocycles. The topological polar surface area (TPSA) is 61.9 Å². The lowest BCUT2D eigenvalue weighted by Gasteiger charge is -2.36. The molecule has 0 spiro atoms. The second-order valence-corrected chi connectivity index (χ2v) is 7.82. The number of nitrogens with zero attached hydrogens (tertiary/aromatic N) is 2.